The van der Waals surface area contributed by atoms with E-state index in [-0.39, 0.29) is 28.8 Å². The summed E-state index contributed by atoms with van der Waals surface area (Å²) in [5, 5.41) is 16.4. The number of carbonyl (C=O) groups is 1. The molecule has 2 rings (SSSR count). The fraction of sp³-hybridized carbons (Fsp3) is 0.773. The van der Waals surface area contributed by atoms with Gasteiger partial charge in [-0.1, -0.05) is 47.6 Å². The van der Waals surface area contributed by atoms with E-state index in [4.69, 9.17) is 0 Å². The van der Waals surface area contributed by atoms with Gasteiger partial charge in [0.15, 0.2) is 0 Å². The number of hydrogen-bond donors (Lipinski definition) is 2. The zero-order chi connectivity index (χ0) is 20.5. The monoisotopic (exact) mass is 394 g/mol. The van der Waals surface area contributed by atoms with Crippen molar-refractivity contribution in [3.8, 4) is 0 Å². The number of nitrogens with zero attached hydrogens (tertiary/aromatic N) is 1. The maximum Gasteiger partial charge on any atom is 0.220 e. The number of thiophene rings is 1. The van der Waals surface area contributed by atoms with Crippen LogP contribution in [0.1, 0.15) is 78.6 Å². The molecule has 154 valence electrons. The van der Waals surface area contributed by atoms with Crippen LogP contribution in [0.15, 0.2) is 17.5 Å². The van der Waals surface area contributed by atoms with Crippen molar-refractivity contribution >= 4 is 17.2 Å². The molecule has 1 amide bonds. The first-order chi connectivity index (χ1) is 12.3. The molecule has 0 aromatic carbocycles. The number of aliphatic hydroxyl groups is 1. The third kappa shape index (κ3) is 6.58. The molecule has 27 heavy (non-hydrogen) atoms. The quantitative estimate of drug-likeness (QED) is 0.767. The first-order valence-corrected chi connectivity index (χ1v) is 11.0. The van der Waals surface area contributed by atoms with E-state index >= 15 is 0 Å². The molecule has 0 aliphatic carbocycles. The van der Waals surface area contributed by atoms with Crippen molar-refractivity contribution in [1.82, 2.24) is 10.2 Å². The number of amides is 1. The number of likely N-dealkylation sites (tertiary alicyclic amines) is 1. The van der Waals surface area contributed by atoms with Gasteiger partial charge in [0.05, 0.1) is 17.7 Å². The summed E-state index contributed by atoms with van der Waals surface area (Å²) in [7, 11) is 0. The second-order valence-electron chi connectivity index (χ2n) is 10.7. The maximum absolute atomic E-state index is 12.7. The van der Waals surface area contributed by atoms with Gasteiger partial charge in [-0.15, -0.1) is 11.3 Å². The van der Waals surface area contributed by atoms with Crippen molar-refractivity contribution in [2.45, 2.75) is 85.4 Å². The topological polar surface area (TPSA) is 52.6 Å². The van der Waals surface area contributed by atoms with Crippen molar-refractivity contribution in [2.75, 3.05) is 13.1 Å². The van der Waals surface area contributed by atoms with E-state index < -0.39 is 5.60 Å². The van der Waals surface area contributed by atoms with E-state index in [1.54, 1.807) is 11.3 Å². The number of nitrogens with one attached hydrogen (secondary N) is 1. The fourth-order valence-electron chi connectivity index (χ4n) is 3.69. The predicted octanol–water partition coefficient (Wildman–Crippen LogP) is 4.60. The van der Waals surface area contributed by atoms with Crippen molar-refractivity contribution in [3.63, 3.8) is 0 Å². The molecule has 0 bridgehead atoms. The summed E-state index contributed by atoms with van der Waals surface area (Å²) in [6.07, 6.45) is 2.21. The lowest BCUT2D eigenvalue weighted by Gasteiger charge is -2.49. The number of carbonyl (C=O) groups excluding carboxylic acids is 1. The Morgan fingerprint density at radius 2 is 1.96 bits per heavy atom. The molecular weight excluding hydrogens is 356 g/mol. The number of piperidine rings is 1. The van der Waals surface area contributed by atoms with Crippen LogP contribution in [-0.2, 0) is 4.79 Å². The minimum Gasteiger partial charge on any atom is -0.388 e. The molecule has 2 N–H and O–H groups in total. The standard InChI is InChI=1S/C22H38N2O2S/c1-20(2,3)10-12-24-13-11-22(7,26)19(18(24)16-9-8-14-27-16)23-17(25)15-21(4,5)6/h8-9,14,18-19,26H,10-13,15H2,1-7H3,(H,23,25)/t18-,19-,22+/m0/s1. The number of hydrogen-bond acceptors (Lipinski definition) is 4. The van der Waals surface area contributed by atoms with Gasteiger partial charge in [-0.25, -0.2) is 0 Å². The summed E-state index contributed by atoms with van der Waals surface area (Å²) < 4.78 is 0. The maximum atomic E-state index is 12.7. The van der Waals surface area contributed by atoms with E-state index in [1.165, 1.54) is 4.88 Å². The molecule has 1 aromatic rings. The Labute approximate surface area is 169 Å². The molecule has 0 radical (unpaired) electrons. The van der Waals surface area contributed by atoms with E-state index in [9.17, 15) is 9.90 Å². The second-order valence-corrected chi connectivity index (χ2v) is 11.7. The largest absolute Gasteiger partial charge is 0.388 e. The Kier molecular flexibility index (Phi) is 6.81. The predicted molar refractivity (Wildman–Crippen MR) is 114 cm³/mol. The molecule has 3 atom stereocenters. The Hall–Kier alpha value is -0.910. The Bertz CT molecular complexity index is 611. The van der Waals surface area contributed by atoms with Crippen LogP contribution in [0.2, 0.25) is 0 Å². The van der Waals surface area contributed by atoms with Crippen LogP contribution >= 0.6 is 11.3 Å². The van der Waals surface area contributed by atoms with Crippen molar-refractivity contribution < 1.29 is 9.90 Å². The molecule has 1 saturated heterocycles. The lowest BCUT2D eigenvalue weighted by molar-refractivity contribution is -0.130. The summed E-state index contributed by atoms with van der Waals surface area (Å²) >= 11 is 1.71. The van der Waals surface area contributed by atoms with Crippen LogP contribution in [0.5, 0.6) is 0 Å². The highest BCUT2D eigenvalue weighted by atomic mass is 32.1. The van der Waals surface area contributed by atoms with E-state index in [0.717, 1.165) is 19.5 Å². The van der Waals surface area contributed by atoms with Gasteiger partial charge in [-0.05, 0) is 48.6 Å². The van der Waals surface area contributed by atoms with Gasteiger partial charge in [-0.3, -0.25) is 9.69 Å². The molecule has 1 aliphatic rings. The molecule has 1 aliphatic heterocycles. The zero-order valence-corrected chi connectivity index (χ0v) is 18.9. The number of rotatable bonds is 5. The Morgan fingerprint density at radius 1 is 1.30 bits per heavy atom. The van der Waals surface area contributed by atoms with Crippen LogP contribution < -0.4 is 5.32 Å². The van der Waals surface area contributed by atoms with E-state index in [0.29, 0.717) is 12.8 Å². The summed E-state index contributed by atoms with van der Waals surface area (Å²) in [6.45, 7) is 16.7. The zero-order valence-electron chi connectivity index (χ0n) is 18.1. The molecule has 1 fully saturated rings. The summed E-state index contributed by atoms with van der Waals surface area (Å²) in [5.74, 6) is 0.0204. The molecule has 0 saturated carbocycles. The van der Waals surface area contributed by atoms with Crippen molar-refractivity contribution in [1.29, 1.82) is 0 Å². The van der Waals surface area contributed by atoms with E-state index in [1.807, 2.05) is 6.92 Å². The average Bonchev–Trinajstić information content (AvgIpc) is 2.98. The summed E-state index contributed by atoms with van der Waals surface area (Å²) in [5.41, 5.74) is -0.736. The lowest BCUT2D eigenvalue weighted by atomic mass is 9.80. The van der Waals surface area contributed by atoms with Gasteiger partial charge in [0.2, 0.25) is 5.91 Å². The van der Waals surface area contributed by atoms with Gasteiger partial charge in [0.1, 0.15) is 0 Å². The van der Waals surface area contributed by atoms with Crippen molar-refractivity contribution in [2.24, 2.45) is 10.8 Å². The minimum absolute atomic E-state index is 0.0139. The minimum atomic E-state index is -0.916. The Balaban J connectivity index is 2.28. The van der Waals surface area contributed by atoms with Gasteiger partial charge in [-0.2, -0.15) is 0 Å². The third-order valence-electron chi connectivity index (χ3n) is 5.28. The normalized spacial score (nSPS) is 27.6. The molecule has 2 heterocycles. The molecule has 1 aromatic heterocycles. The van der Waals surface area contributed by atoms with Crippen LogP contribution in [0, 0.1) is 10.8 Å². The highest BCUT2D eigenvalue weighted by Crippen LogP contribution is 2.39. The average molecular weight is 395 g/mol. The van der Waals surface area contributed by atoms with Gasteiger partial charge >= 0.3 is 0 Å². The highest BCUT2D eigenvalue weighted by Gasteiger charge is 2.46. The van der Waals surface area contributed by atoms with Crippen LogP contribution in [-0.4, -0.2) is 40.6 Å². The first-order valence-electron chi connectivity index (χ1n) is 10.1. The highest BCUT2D eigenvalue weighted by molar-refractivity contribution is 7.10. The van der Waals surface area contributed by atoms with Gasteiger partial charge in [0, 0.05) is 17.8 Å². The molecule has 5 heteroatoms. The van der Waals surface area contributed by atoms with Crippen LogP contribution in [0.4, 0.5) is 0 Å². The SMILES string of the molecule is CC(C)(C)CCN1CC[C@@](C)(O)[C@@H](NC(=O)CC(C)(C)C)[C@@H]1c1cccs1. The lowest BCUT2D eigenvalue weighted by Crippen LogP contribution is -2.62. The molecule has 0 spiro atoms. The fourth-order valence-corrected chi connectivity index (χ4v) is 4.59. The van der Waals surface area contributed by atoms with E-state index in [2.05, 4.69) is 69.3 Å². The van der Waals surface area contributed by atoms with Gasteiger partial charge < -0.3 is 10.4 Å². The van der Waals surface area contributed by atoms with Crippen molar-refractivity contribution in [3.05, 3.63) is 22.4 Å². The summed E-state index contributed by atoms with van der Waals surface area (Å²) in [4.78, 5) is 16.4. The molecular formula is C22H38N2O2S. The Morgan fingerprint density at radius 3 is 2.48 bits per heavy atom. The smallest absolute Gasteiger partial charge is 0.220 e. The summed E-state index contributed by atoms with van der Waals surface area (Å²) in [6, 6.07) is 3.89. The van der Waals surface area contributed by atoms with Crippen LogP contribution in [0.25, 0.3) is 0 Å². The van der Waals surface area contributed by atoms with Gasteiger partial charge in [0.25, 0.3) is 0 Å². The van der Waals surface area contributed by atoms with Crippen LogP contribution in [0.3, 0.4) is 0 Å². The molecule has 0 unspecified atom stereocenters. The third-order valence-corrected chi connectivity index (χ3v) is 6.22. The molecule has 4 nitrogen and oxygen atoms in total. The first kappa shape index (κ1) is 22.4. The second kappa shape index (κ2) is 8.22.